The van der Waals surface area contributed by atoms with Crippen LogP contribution in [-0.2, 0) is 0 Å². The second-order valence-electron chi connectivity index (χ2n) is 4.01. The lowest BCUT2D eigenvalue weighted by Crippen LogP contribution is -2.24. The van der Waals surface area contributed by atoms with Gasteiger partial charge in [-0.1, -0.05) is 61.5 Å². The highest BCUT2D eigenvalue weighted by Crippen LogP contribution is 2.26. The van der Waals surface area contributed by atoms with Crippen LogP contribution in [-0.4, -0.2) is 5.97 Å². The minimum absolute atomic E-state index is 0.0466. The number of carbonyl (C=O) groups excluding carboxylic acids is 1. The monoisotopic (exact) mass is 225 g/mol. The van der Waals surface area contributed by atoms with Gasteiger partial charge in [-0.2, -0.15) is 0 Å². The first-order valence-electron chi connectivity index (χ1n) is 5.55. The molecule has 0 heterocycles. The standard InChI is InChI=1S/C15H14O2/c1-11(12-7-3-2-4-8-12)13-9-5-6-10-14(13)15(16)17/h2-11H,1H3,(H,16,17)/p-1. The third kappa shape index (κ3) is 2.36. The van der Waals surface area contributed by atoms with Crippen LogP contribution in [0.1, 0.15) is 34.3 Å². The SMILES string of the molecule is CC(c1ccccc1)c1ccccc1C(=O)[O-]. The highest BCUT2D eigenvalue weighted by atomic mass is 16.4. The molecule has 0 N–H and O–H groups in total. The molecule has 0 spiro atoms. The normalized spacial score (nSPS) is 12.1. The van der Waals surface area contributed by atoms with E-state index in [4.69, 9.17) is 0 Å². The summed E-state index contributed by atoms with van der Waals surface area (Å²) in [6, 6.07) is 16.8. The van der Waals surface area contributed by atoms with Crippen LogP contribution < -0.4 is 5.11 Å². The van der Waals surface area contributed by atoms with E-state index in [9.17, 15) is 9.90 Å². The molecule has 0 radical (unpaired) electrons. The van der Waals surface area contributed by atoms with Crippen molar-refractivity contribution >= 4 is 5.97 Å². The molecular weight excluding hydrogens is 212 g/mol. The molecule has 2 rings (SSSR count). The van der Waals surface area contributed by atoms with E-state index >= 15 is 0 Å². The van der Waals surface area contributed by atoms with E-state index in [-0.39, 0.29) is 11.5 Å². The highest BCUT2D eigenvalue weighted by Gasteiger charge is 2.12. The summed E-state index contributed by atoms with van der Waals surface area (Å²) < 4.78 is 0. The van der Waals surface area contributed by atoms with E-state index in [2.05, 4.69) is 0 Å². The fourth-order valence-electron chi connectivity index (χ4n) is 1.98. The van der Waals surface area contributed by atoms with Crippen molar-refractivity contribution in [2.75, 3.05) is 0 Å². The van der Waals surface area contributed by atoms with E-state index in [1.165, 1.54) is 0 Å². The molecule has 0 fully saturated rings. The summed E-state index contributed by atoms with van der Waals surface area (Å²) in [5, 5.41) is 11.0. The Labute approximate surface area is 101 Å². The summed E-state index contributed by atoms with van der Waals surface area (Å²) in [6.07, 6.45) is 0. The molecule has 0 aliphatic carbocycles. The lowest BCUT2D eigenvalue weighted by Gasteiger charge is -2.17. The topological polar surface area (TPSA) is 40.1 Å². The fourth-order valence-corrected chi connectivity index (χ4v) is 1.98. The molecule has 0 aliphatic heterocycles. The van der Waals surface area contributed by atoms with Gasteiger partial charge in [0.05, 0.1) is 5.97 Å². The summed E-state index contributed by atoms with van der Waals surface area (Å²) in [6.45, 7) is 2.00. The third-order valence-corrected chi connectivity index (χ3v) is 2.95. The van der Waals surface area contributed by atoms with Gasteiger partial charge >= 0.3 is 0 Å². The molecule has 1 atom stereocenters. The van der Waals surface area contributed by atoms with Gasteiger partial charge in [-0.15, -0.1) is 0 Å². The van der Waals surface area contributed by atoms with Crippen molar-refractivity contribution in [3.63, 3.8) is 0 Å². The Kier molecular flexibility index (Phi) is 3.24. The second-order valence-corrected chi connectivity index (χ2v) is 4.01. The number of hydrogen-bond donors (Lipinski definition) is 0. The van der Waals surface area contributed by atoms with E-state index in [1.807, 2.05) is 49.4 Å². The number of hydrogen-bond acceptors (Lipinski definition) is 2. The third-order valence-electron chi connectivity index (χ3n) is 2.95. The van der Waals surface area contributed by atoms with Crippen LogP contribution in [0.15, 0.2) is 54.6 Å². The van der Waals surface area contributed by atoms with Gasteiger partial charge in [-0.25, -0.2) is 0 Å². The van der Waals surface area contributed by atoms with Crippen molar-refractivity contribution in [2.45, 2.75) is 12.8 Å². The maximum atomic E-state index is 11.0. The Balaban J connectivity index is 2.44. The maximum absolute atomic E-state index is 11.0. The maximum Gasteiger partial charge on any atom is 0.0718 e. The second kappa shape index (κ2) is 4.83. The van der Waals surface area contributed by atoms with Crippen LogP contribution in [0.25, 0.3) is 0 Å². The zero-order valence-corrected chi connectivity index (χ0v) is 9.59. The molecule has 86 valence electrons. The van der Waals surface area contributed by atoms with Crippen LogP contribution in [0.3, 0.4) is 0 Å². The number of carboxylic acids is 1. The molecule has 2 heteroatoms. The Hall–Kier alpha value is -2.09. The van der Waals surface area contributed by atoms with E-state index in [1.54, 1.807) is 12.1 Å². The lowest BCUT2D eigenvalue weighted by atomic mass is 9.90. The van der Waals surface area contributed by atoms with E-state index in [0.717, 1.165) is 11.1 Å². The van der Waals surface area contributed by atoms with Crippen LogP contribution in [0.2, 0.25) is 0 Å². The number of rotatable bonds is 3. The molecule has 0 aliphatic rings. The van der Waals surface area contributed by atoms with Gasteiger partial charge in [0.1, 0.15) is 0 Å². The van der Waals surface area contributed by atoms with Gasteiger partial charge in [-0.05, 0) is 11.1 Å². The molecule has 0 saturated heterocycles. The van der Waals surface area contributed by atoms with E-state index < -0.39 is 5.97 Å². The summed E-state index contributed by atoms with van der Waals surface area (Å²) in [4.78, 5) is 11.0. The minimum Gasteiger partial charge on any atom is -0.545 e. The van der Waals surface area contributed by atoms with E-state index in [0.29, 0.717) is 0 Å². The van der Waals surface area contributed by atoms with Crippen molar-refractivity contribution < 1.29 is 9.90 Å². The molecule has 2 aromatic carbocycles. The smallest absolute Gasteiger partial charge is 0.0718 e. The van der Waals surface area contributed by atoms with Crippen molar-refractivity contribution in [1.82, 2.24) is 0 Å². The van der Waals surface area contributed by atoms with Gasteiger partial charge in [0.25, 0.3) is 0 Å². The molecule has 0 bridgehead atoms. The predicted octanol–water partition coefficient (Wildman–Crippen LogP) is 2.20. The van der Waals surface area contributed by atoms with Crippen molar-refractivity contribution in [3.05, 3.63) is 71.3 Å². The van der Waals surface area contributed by atoms with Crippen LogP contribution in [0.5, 0.6) is 0 Å². The molecule has 2 nitrogen and oxygen atoms in total. The van der Waals surface area contributed by atoms with Gasteiger partial charge in [0.15, 0.2) is 0 Å². The van der Waals surface area contributed by atoms with Crippen LogP contribution >= 0.6 is 0 Å². The average Bonchev–Trinajstić information content (AvgIpc) is 2.39. The Morgan fingerprint density at radius 3 is 2.24 bits per heavy atom. The molecule has 17 heavy (non-hydrogen) atoms. The Bertz CT molecular complexity index is 517. The van der Waals surface area contributed by atoms with Crippen molar-refractivity contribution in [2.24, 2.45) is 0 Å². The van der Waals surface area contributed by atoms with Crippen molar-refractivity contribution in [1.29, 1.82) is 0 Å². The zero-order chi connectivity index (χ0) is 12.3. The number of benzene rings is 2. The van der Waals surface area contributed by atoms with Gasteiger partial charge < -0.3 is 9.90 Å². The molecular formula is C15H13O2-. The van der Waals surface area contributed by atoms with Gasteiger partial charge in [0.2, 0.25) is 0 Å². The number of carbonyl (C=O) groups is 1. The lowest BCUT2D eigenvalue weighted by molar-refractivity contribution is -0.255. The highest BCUT2D eigenvalue weighted by molar-refractivity contribution is 5.88. The quantitative estimate of drug-likeness (QED) is 0.803. The Morgan fingerprint density at radius 1 is 1.00 bits per heavy atom. The van der Waals surface area contributed by atoms with Gasteiger partial charge in [-0.3, -0.25) is 0 Å². The van der Waals surface area contributed by atoms with Crippen LogP contribution in [0.4, 0.5) is 0 Å². The number of aromatic carboxylic acids is 1. The molecule has 0 amide bonds. The van der Waals surface area contributed by atoms with Gasteiger partial charge in [0, 0.05) is 11.5 Å². The number of carboxylic acid groups (broad SMARTS) is 1. The average molecular weight is 225 g/mol. The first-order chi connectivity index (χ1) is 8.20. The summed E-state index contributed by atoms with van der Waals surface area (Å²) in [5.41, 5.74) is 2.16. The first kappa shape index (κ1) is 11.4. The molecule has 1 unspecified atom stereocenters. The fraction of sp³-hybridized carbons (Fsp3) is 0.133. The predicted molar refractivity (Wildman–Crippen MR) is 64.7 cm³/mol. The van der Waals surface area contributed by atoms with Crippen molar-refractivity contribution in [3.8, 4) is 0 Å². The zero-order valence-electron chi connectivity index (χ0n) is 9.59. The summed E-state index contributed by atoms with van der Waals surface area (Å²) in [5.74, 6) is -1.08. The summed E-state index contributed by atoms with van der Waals surface area (Å²) >= 11 is 0. The minimum atomic E-state index is -1.12. The molecule has 2 aromatic rings. The molecule has 0 aromatic heterocycles. The Morgan fingerprint density at radius 2 is 1.59 bits per heavy atom. The summed E-state index contributed by atoms with van der Waals surface area (Å²) in [7, 11) is 0. The first-order valence-corrected chi connectivity index (χ1v) is 5.55. The molecule has 0 saturated carbocycles. The largest absolute Gasteiger partial charge is 0.545 e. The van der Waals surface area contributed by atoms with Crippen LogP contribution in [0, 0.1) is 0 Å².